The zero-order valence-corrected chi connectivity index (χ0v) is 18.6. The first-order valence-electron chi connectivity index (χ1n) is 10.9. The van der Waals surface area contributed by atoms with Crippen molar-refractivity contribution in [1.29, 1.82) is 0 Å². The van der Waals surface area contributed by atoms with E-state index in [1.165, 1.54) is 4.88 Å². The molecule has 162 valence electrons. The number of hydrogen-bond donors (Lipinski definition) is 0. The van der Waals surface area contributed by atoms with Gasteiger partial charge in [-0.3, -0.25) is 9.69 Å². The maximum atomic E-state index is 12.5. The zero-order valence-electron chi connectivity index (χ0n) is 17.8. The maximum Gasteiger partial charge on any atom is 0.236 e. The van der Waals surface area contributed by atoms with Gasteiger partial charge in [-0.05, 0) is 48.7 Å². The Labute approximate surface area is 186 Å². The number of fused-ring (bicyclic) bond motifs is 1. The topological polar surface area (TPSA) is 61.8 Å². The highest BCUT2D eigenvalue weighted by atomic mass is 32.1. The van der Waals surface area contributed by atoms with Crippen molar-refractivity contribution >= 4 is 33.3 Å². The molecule has 1 aromatic carbocycles. The Morgan fingerprint density at radius 2 is 1.77 bits per heavy atom. The van der Waals surface area contributed by atoms with Gasteiger partial charge in [0.1, 0.15) is 17.9 Å². The summed E-state index contributed by atoms with van der Waals surface area (Å²) in [5.74, 6) is 2.13. The fourth-order valence-corrected chi connectivity index (χ4v) is 5.47. The first-order chi connectivity index (χ1) is 15.2. The lowest BCUT2D eigenvalue weighted by molar-refractivity contribution is -0.131. The van der Waals surface area contributed by atoms with E-state index in [1.807, 2.05) is 17.0 Å². The number of hydrogen-bond acceptors (Lipinski definition) is 7. The van der Waals surface area contributed by atoms with Crippen LogP contribution in [0, 0.1) is 0 Å². The van der Waals surface area contributed by atoms with Crippen LogP contribution in [0.3, 0.4) is 0 Å². The van der Waals surface area contributed by atoms with E-state index in [4.69, 9.17) is 4.74 Å². The number of benzene rings is 1. The molecule has 0 bridgehead atoms. The van der Waals surface area contributed by atoms with Gasteiger partial charge in [-0.25, -0.2) is 9.97 Å². The Morgan fingerprint density at radius 1 is 1.03 bits per heavy atom. The van der Waals surface area contributed by atoms with Gasteiger partial charge in [0.15, 0.2) is 0 Å². The molecule has 0 spiro atoms. The highest BCUT2D eigenvalue weighted by Gasteiger charge is 2.25. The third-order valence-corrected chi connectivity index (χ3v) is 7.33. The van der Waals surface area contributed by atoms with E-state index in [0.717, 1.165) is 79.5 Å². The second kappa shape index (κ2) is 8.80. The van der Waals surface area contributed by atoms with E-state index < -0.39 is 0 Å². The molecule has 1 amide bonds. The second-order valence-corrected chi connectivity index (χ2v) is 9.15. The van der Waals surface area contributed by atoms with E-state index in [2.05, 4.69) is 38.0 Å². The number of amides is 1. The van der Waals surface area contributed by atoms with E-state index in [-0.39, 0.29) is 5.91 Å². The Balaban J connectivity index is 1.29. The largest absolute Gasteiger partial charge is 0.497 e. The third kappa shape index (κ3) is 4.22. The number of aromatic nitrogens is 2. The molecule has 2 saturated heterocycles. The van der Waals surface area contributed by atoms with Crippen molar-refractivity contribution in [1.82, 2.24) is 19.8 Å². The average Bonchev–Trinajstić information content (AvgIpc) is 3.50. The van der Waals surface area contributed by atoms with Crippen LogP contribution in [-0.2, 0) is 4.79 Å². The van der Waals surface area contributed by atoms with Crippen molar-refractivity contribution in [3.63, 3.8) is 0 Å². The molecule has 0 unspecified atom stereocenters. The SMILES string of the molecule is COc1ccc(-c2cc3ncnc(N4CCN(CC(=O)N5CCCC5)CC4)c3s2)cc1. The molecule has 0 atom stereocenters. The smallest absolute Gasteiger partial charge is 0.236 e. The number of nitrogens with zero attached hydrogens (tertiary/aromatic N) is 5. The Morgan fingerprint density at radius 3 is 2.48 bits per heavy atom. The highest BCUT2D eigenvalue weighted by Crippen LogP contribution is 2.37. The van der Waals surface area contributed by atoms with Gasteiger partial charge in [0, 0.05) is 44.1 Å². The van der Waals surface area contributed by atoms with Crippen molar-refractivity contribution in [2.45, 2.75) is 12.8 Å². The summed E-state index contributed by atoms with van der Waals surface area (Å²) in [6.07, 6.45) is 3.94. The van der Waals surface area contributed by atoms with Crippen molar-refractivity contribution in [2.75, 3.05) is 57.8 Å². The number of carbonyl (C=O) groups excluding carboxylic acids is 1. The Kier molecular flexibility index (Phi) is 5.74. The fraction of sp³-hybridized carbons (Fsp3) is 0.435. The number of likely N-dealkylation sites (tertiary alicyclic amines) is 1. The van der Waals surface area contributed by atoms with Crippen LogP contribution in [0.5, 0.6) is 5.75 Å². The zero-order chi connectivity index (χ0) is 21.2. The molecule has 2 aromatic heterocycles. The van der Waals surface area contributed by atoms with Crippen LogP contribution >= 0.6 is 11.3 Å². The lowest BCUT2D eigenvalue weighted by Crippen LogP contribution is -2.50. The Bertz CT molecular complexity index is 1050. The minimum atomic E-state index is 0.276. The number of carbonyl (C=O) groups is 1. The standard InChI is InChI=1S/C23H27N5O2S/c1-30-18-6-4-17(5-7-18)20-14-19-22(31-20)23(25-16-24-19)28-12-10-26(11-13-28)15-21(29)27-8-2-3-9-27/h4-7,14,16H,2-3,8-13,15H2,1H3. The first kappa shape index (κ1) is 20.2. The van der Waals surface area contributed by atoms with Gasteiger partial charge in [-0.1, -0.05) is 0 Å². The summed E-state index contributed by atoms with van der Waals surface area (Å²) < 4.78 is 6.39. The van der Waals surface area contributed by atoms with Crippen molar-refractivity contribution in [3.8, 4) is 16.2 Å². The van der Waals surface area contributed by atoms with E-state index >= 15 is 0 Å². The molecule has 8 heteroatoms. The molecule has 0 saturated carbocycles. The molecule has 5 rings (SSSR count). The highest BCUT2D eigenvalue weighted by molar-refractivity contribution is 7.22. The van der Waals surface area contributed by atoms with E-state index in [9.17, 15) is 4.79 Å². The molecule has 31 heavy (non-hydrogen) atoms. The molecule has 0 aliphatic carbocycles. The minimum Gasteiger partial charge on any atom is -0.497 e. The summed E-state index contributed by atoms with van der Waals surface area (Å²) in [5.41, 5.74) is 2.13. The van der Waals surface area contributed by atoms with E-state index in [0.29, 0.717) is 6.54 Å². The number of ether oxygens (including phenoxy) is 1. The van der Waals surface area contributed by atoms with Gasteiger partial charge < -0.3 is 14.5 Å². The van der Waals surface area contributed by atoms with Crippen LogP contribution in [0.2, 0.25) is 0 Å². The summed E-state index contributed by atoms with van der Waals surface area (Å²) in [4.78, 5) is 29.4. The second-order valence-electron chi connectivity index (χ2n) is 8.10. The molecule has 3 aromatic rings. The minimum absolute atomic E-state index is 0.276. The quantitative estimate of drug-likeness (QED) is 0.611. The van der Waals surface area contributed by atoms with Gasteiger partial charge in [0.2, 0.25) is 5.91 Å². The van der Waals surface area contributed by atoms with Crippen molar-refractivity contribution in [2.24, 2.45) is 0 Å². The molecule has 0 radical (unpaired) electrons. The van der Waals surface area contributed by atoms with Gasteiger partial charge >= 0.3 is 0 Å². The monoisotopic (exact) mass is 437 g/mol. The van der Waals surface area contributed by atoms with Gasteiger partial charge in [-0.15, -0.1) is 11.3 Å². The third-order valence-electron chi connectivity index (χ3n) is 6.16. The molecular formula is C23H27N5O2S. The number of piperazine rings is 1. The molecule has 2 fully saturated rings. The van der Waals surface area contributed by atoms with Crippen LogP contribution in [0.15, 0.2) is 36.7 Å². The summed E-state index contributed by atoms with van der Waals surface area (Å²) in [6.45, 7) is 5.88. The maximum absolute atomic E-state index is 12.5. The normalized spacial score (nSPS) is 17.5. The number of rotatable bonds is 5. The van der Waals surface area contributed by atoms with Crippen LogP contribution < -0.4 is 9.64 Å². The Hall–Kier alpha value is -2.71. The molecule has 0 N–H and O–H groups in total. The number of anilines is 1. The number of thiophene rings is 1. The molecule has 4 heterocycles. The van der Waals surface area contributed by atoms with Crippen LogP contribution in [0.25, 0.3) is 20.7 Å². The summed E-state index contributed by atoms with van der Waals surface area (Å²) >= 11 is 1.73. The lowest BCUT2D eigenvalue weighted by Gasteiger charge is -2.35. The molecule has 2 aliphatic heterocycles. The van der Waals surface area contributed by atoms with Crippen LogP contribution in [0.1, 0.15) is 12.8 Å². The van der Waals surface area contributed by atoms with Crippen LogP contribution in [-0.4, -0.2) is 78.6 Å². The predicted molar refractivity (Wildman–Crippen MR) is 124 cm³/mol. The van der Waals surface area contributed by atoms with Gasteiger partial charge in [0.25, 0.3) is 0 Å². The molecule has 2 aliphatic rings. The molecule has 7 nitrogen and oxygen atoms in total. The summed E-state index contributed by atoms with van der Waals surface area (Å²) in [5, 5.41) is 0. The van der Waals surface area contributed by atoms with E-state index in [1.54, 1.807) is 24.8 Å². The van der Waals surface area contributed by atoms with Gasteiger partial charge in [-0.2, -0.15) is 0 Å². The molecular weight excluding hydrogens is 410 g/mol. The fourth-order valence-electron chi connectivity index (χ4n) is 4.34. The summed E-state index contributed by atoms with van der Waals surface area (Å²) in [6, 6.07) is 10.3. The number of methoxy groups -OCH3 is 1. The van der Waals surface area contributed by atoms with Crippen molar-refractivity contribution < 1.29 is 9.53 Å². The van der Waals surface area contributed by atoms with Crippen molar-refractivity contribution in [3.05, 3.63) is 36.7 Å². The van der Waals surface area contributed by atoms with Gasteiger partial charge in [0.05, 0.1) is 23.9 Å². The first-order valence-corrected chi connectivity index (χ1v) is 11.7. The predicted octanol–water partition coefficient (Wildman–Crippen LogP) is 3.11. The van der Waals surface area contributed by atoms with Crippen LogP contribution in [0.4, 0.5) is 5.82 Å². The lowest BCUT2D eigenvalue weighted by atomic mass is 10.2. The summed E-state index contributed by atoms with van der Waals surface area (Å²) in [7, 11) is 1.68. The average molecular weight is 438 g/mol.